The van der Waals surface area contributed by atoms with Crippen LogP contribution in [0.1, 0.15) is 63.7 Å². The molecule has 1 aromatic carbocycles. The first-order valence-corrected chi connectivity index (χ1v) is 19.7. The number of hydrogen-bond acceptors (Lipinski definition) is 10. The smallest absolute Gasteiger partial charge is 0.324 e. The normalized spacial score (nSPS) is 22.1. The molecule has 0 saturated carbocycles. The largest absolute Gasteiger partial charge is 0.464 e. The number of cyclic esters (lactones) is 1. The lowest BCUT2D eigenvalue weighted by Crippen LogP contribution is -2.61. The van der Waals surface area contributed by atoms with E-state index in [4.69, 9.17) is 24.2 Å². The van der Waals surface area contributed by atoms with Crippen molar-refractivity contribution in [1.82, 2.24) is 30.2 Å². The molecule has 2 saturated heterocycles. The van der Waals surface area contributed by atoms with Crippen LogP contribution >= 0.6 is 11.3 Å². The van der Waals surface area contributed by atoms with Crippen molar-refractivity contribution in [3.05, 3.63) is 58.2 Å². The highest BCUT2D eigenvalue weighted by molar-refractivity contribution is 7.10. The summed E-state index contributed by atoms with van der Waals surface area (Å²) >= 11 is 1.45. The fraction of sp³-hybridized carbons (Fsp3) is 0.525. The Bertz CT molecular complexity index is 1940. The van der Waals surface area contributed by atoms with Gasteiger partial charge in [-0.1, -0.05) is 32.6 Å². The van der Waals surface area contributed by atoms with Crippen molar-refractivity contribution in [1.29, 1.82) is 0 Å². The number of carbonyl (C=O) groups excluding carboxylic acids is 3. The number of aryl methyl sites for hydroxylation is 1. The summed E-state index contributed by atoms with van der Waals surface area (Å²) in [6, 6.07) is 4.43. The highest BCUT2D eigenvalue weighted by Crippen LogP contribution is 2.40. The SMILES string of the molecule is C=C/C(=C(\N=C/C)[C@H](C)OC)c1c2c3cc(ccc3n1CC)-c1csc(n1)C[C@H](NC(=O)N1CCOCC1)C(=O)N1CCC[C@H](N1)C(=O)OCC(C)(C)C2. The average Bonchev–Trinajstić information content (AvgIpc) is 3.77. The molecule has 6 rings (SSSR count). The highest BCUT2D eigenvalue weighted by atomic mass is 32.1. The van der Waals surface area contributed by atoms with Gasteiger partial charge >= 0.3 is 12.0 Å². The van der Waals surface area contributed by atoms with E-state index < -0.39 is 23.5 Å². The van der Waals surface area contributed by atoms with Crippen molar-refractivity contribution in [2.75, 3.05) is 46.6 Å². The molecule has 5 heterocycles. The van der Waals surface area contributed by atoms with Gasteiger partial charge in [-0.25, -0.2) is 15.2 Å². The molecular weight excluding hydrogens is 707 g/mol. The summed E-state index contributed by atoms with van der Waals surface area (Å²) in [5.41, 5.74) is 9.15. The molecule has 3 atom stereocenters. The number of allylic oxidation sites excluding steroid dienone is 2. The van der Waals surface area contributed by atoms with E-state index >= 15 is 0 Å². The average molecular weight is 760 g/mol. The number of amides is 3. The maximum atomic E-state index is 14.1. The van der Waals surface area contributed by atoms with E-state index in [0.717, 1.165) is 44.7 Å². The van der Waals surface area contributed by atoms with Gasteiger partial charge in [0.25, 0.3) is 5.91 Å². The summed E-state index contributed by atoms with van der Waals surface area (Å²) < 4.78 is 19.6. The standard InChI is InChI=1S/C40H53N7O6S/c1-8-27(35(41-9-2)25(4)51-7)36-29-22-40(5,6)24-53-38(49)30-12-11-15-47(44-30)37(48)31(43-39(50)45-16-18-52-19-17-45)21-34-42-32(23-54-34)26-13-14-33(28(29)20-26)46(36)10-3/h8-9,13-14,20,23,25,30-31,44H,1,10-12,15-19,21-22,24H2,2-7H3,(H,43,50)/b35-27+,41-9-/t25-,30-,31-/m0/s1. The number of thiazole rings is 1. The zero-order valence-corrected chi connectivity index (χ0v) is 33.1. The summed E-state index contributed by atoms with van der Waals surface area (Å²) in [4.78, 5) is 52.7. The van der Waals surface area contributed by atoms with Crippen molar-refractivity contribution in [3.63, 3.8) is 0 Å². The molecule has 0 radical (unpaired) electrons. The Morgan fingerprint density at radius 3 is 2.74 bits per heavy atom. The fourth-order valence-corrected chi connectivity index (χ4v) is 8.33. The molecular formula is C40H53N7O6S. The molecule has 54 heavy (non-hydrogen) atoms. The Morgan fingerprint density at radius 1 is 1.26 bits per heavy atom. The van der Waals surface area contributed by atoms with Crippen LogP contribution in [0.3, 0.4) is 0 Å². The van der Waals surface area contributed by atoms with Crippen LogP contribution in [0.25, 0.3) is 27.7 Å². The first-order valence-electron chi connectivity index (χ1n) is 18.8. The van der Waals surface area contributed by atoms with E-state index in [2.05, 4.69) is 60.9 Å². The van der Waals surface area contributed by atoms with Gasteiger partial charge in [0.05, 0.1) is 48.0 Å². The van der Waals surface area contributed by atoms with Crippen molar-refractivity contribution in [2.24, 2.45) is 10.4 Å². The predicted molar refractivity (Wildman–Crippen MR) is 211 cm³/mol. The summed E-state index contributed by atoms with van der Waals surface area (Å²) in [6.07, 6.45) is 5.24. The Balaban J connectivity index is 1.49. The highest BCUT2D eigenvalue weighted by Gasteiger charge is 2.36. The summed E-state index contributed by atoms with van der Waals surface area (Å²) in [6.45, 7) is 17.4. The molecule has 2 aromatic heterocycles. The number of fused-ring (bicyclic) bond motifs is 6. The molecule has 0 spiro atoms. The number of aliphatic imine (C=N–C) groups is 1. The second-order valence-corrected chi connectivity index (χ2v) is 15.7. The lowest BCUT2D eigenvalue weighted by Gasteiger charge is -2.36. The lowest BCUT2D eigenvalue weighted by molar-refractivity contribution is -0.155. The molecule has 290 valence electrons. The molecule has 0 aliphatic carbocycles. The topological polar surface area (TPSA) is 140 Å². The number of rotatable bonds is 7. The monoisotopic (exact) mass is 759 g/mol. The molecule has 0 unspecified atom stereocenters. The third-order valence-electron chi connectivity index (χ3n) is 10.3. The van der Waals surface area contributed by atoms with Gasteiger partial charge in [0.1, 0.15) is 12.1 Å². The molecule has 3 amide bonds. The molecule has 13 nitrogen and oxygen atoms in total. The van der Waals surface area contributed by atoms with Gasteiger partial charge in [-0.05, 0) is 57.7 Å². The number of methoxy groups -OCH3 is 1. The van der Waals surface area contributed by atoms with Gasteiger partial charge in [0, 0.05) is 78.8 Å². The zero-order valence-electron chi connectivity index (χ0n) is 32.3. The zero-order chi connectivity index (χ0) is 38.6. The van der Waals surface area contributed by atoms with E-state index in [1.165, 1.54) is 16.3 Å². The molecule has 3 aliphatic heterocycles. The number of carbonyl (C=O) groups is 3. The van der Waals surface area contributed by atoms with Crippen LogP contribution in [-0.2, 0) is 43.2 Å². The predicted octanol–water partition coefficient (Wildman–Crippen LogP) is 5.38. The molecule has 2 fully saturated rings. The Labute approximate surface area is 321 Å². The van der Waals surface area contributed by atoms with Crippen LogP contribution in [0.15, 0.2) is 46.9 Å². The lowest BCUT2D eigenvalue weighted by atomic mass is 9.84. The number of esters is 1. The minimum atomic E-state index is -0.909. The van der Waals surface area contributed by atoms with Gasteiger partial charge < -0.3 is 29.0 Å². The van der Waals surface area contributed by atoms with Crippen molar-refractivity contribution >= 4 is 51.9 Å². The first kappa shape index (κ1) is 39.3. The molecule has 6 bridgehead atoms. The van der Waals surface area contributed by atoms with Crippen LogP contribution in [0.2, 0.25) is 0 Å². The number of hydrazine groups is 1. The second-order valence-electron chi connectivity index (χ2n) is 14.8. The molecule has 14 heteroatoms. The molecule has 2 N–H and O–H groups in total. The number of benzene rings is 1. The molecule has 3 aromatic rings. The minimum Gasteiger partial charge on any atom is -0.464 e. The Hall–Kier alpha value is -4.37. The van der Waals surface area contributed by atoms with Crippen LogP contribution in [0.4, 0.5) is 4.79 Å². The molecule has 3 aliphatic rings. The quantitative estimate of drug-likeness (QED) is 0.186. The number of aromatic nitrogens is 2. The van der Waals surface area contributed by atoms with Gasteiger partial charge in [-0.2, -0.15) is 0 Å². The van der Waals surface area contributed by atoms with E-state index in [1.54, 1.807) is 18.2 Å². The summed E-state index contributed by atoms with van der Waals surface area (Å²) in [5, 5.41) is 8.21. The van der Waals surface area contributed by atoms with Crippen LogP contribution < -0.4 is 10.7 Å². The number of morpholine rings is 1. The van der Waals surface area contributed by atoms with Crippen molar-refractivity contribution < 1.29 is 28.6 Å². The van der Waals surface area contributed by atoms with Crippen LogP contribution in [-0.4, -0.2) is 108 Å². The summed E-state index contributed by atoms with van der Waals surface area (Å²) in [5.74, 6) is -0.744. The third-order valence-corrected chi connectivity index (χ3v) is 11.2. The Morgan fingerprint density at radius 2 is 2.04 bits per heavy atom. The number of urea groups is 1. The number of hydrogen-bond donors (Lipinski definition) is 2. The second kappa shape index (κ2) is 17.0. The first-order chi connectivity index (χ1) is 26.0. The van der Waals surface area contributed by atoms with Gasteiger partial charge in [0.15, 0.2) is 0 Å². The number of nitrogens with one attached hydrogen (secondary N) is 2. The fourth-order valence-electron chi connectivity index (χ4n) is 7.48. The van der Waals surface area contributed by atoms with E-state index in [9.17, 15) is 14.4 Å². The van der Waals surface area contributed by atoms with Gasteiger partial charge in [-0.15, -0.1) is 11.3 Å². The van der Waals surface area contributed by atoms with Crippen LogP contribution in [0, 0.1) is 5.41 Å². The minimum absolute atomic E-state index is 0.158. The van der Waals surface area contributed by atoms with E-state index in [-0.39, 0.29) is 31.1 Å². The van der Waals surface area contributed by atoms with E-state index in [1.807, 2.05) is 25.3 Å². The van der Waals surface area contributed by atoms with Gasteiger partial charge in [0.2, 0.25) is 0 Å². The Kier molecular flexibility index (Phi) is 12.4. The van der Waals surface area contributed by atoms with Crippen molar-refractivity contribution in [3.8, 4) is 11.3 Å². The van der Waals surface area contributed by atoms with E-state index in [0.29, 0.717) is 63.7 Å². The van der Waals surface area contributed by atoms with Crippen LogP contribution in [0.5, 0.6) is 0 Å². The summed E-state index contributed by atoms with van der Waals surface area (Å²) in [7, 11) is 1.67. The van der Waals surface area contributed by atoms with Gasteiger partial charge in [-0.3, -0.25) is 19.6 Å². The number of ether oxygens (including phenoxy) is 3. The maximum Gasteiger partial charge on any atom is 0.324 e. The van der Waals surface area contributed by atoms with Crippen molar-refractivity contribution in [2.45, 2.75) is 85.0 Å². The number of nitrogens with zero attached hydrogens (tertiary/aromatic N) is 5. The third kappa shape index (κ3) is 8.31. The maximum absolute atomic E-state index is 14.1.